The van der Waals surface area contributed by atoms with Crippen molar-refractivity contribution in [2.45, 2.75) is 26.9 Å². The molecule has 5 nitrogen and oxygen atoms in total. The maximum Gasteiger partial charge on any atom is 0.280 e. The van der Waals surface area contributed by atoms with Crippen LogP contribution in [0.5, 0.6) is 5.75 Å². The van der Waals surface area contributed by atoms with Crippen LogP contribution in [0.2, 0.25) is 10.0 Å². The van der Waals surface area contributed by atoms with Crippen LogP contribution >= 0.6 is 23.2 Å². The Hall–Kier alpha value is -1.98. The molecule has 0 radical (unpaired) electrons. The normalized spacial score (nSPS) is 12.8. The average molecular weight is 355 g/mol. The van der Waals surface area contributed by atoms with Gasteiger partial charge >= 0.3 is 0 Å². The lowest BCUT2D eigenvalue weighted by Crippen LogP contribution is -2.34. The molecule has 2 aromatic rings. The number of nitrogens with zero attached hydrogens (tertiary/aromatic N) is 1. The second kappa shape index (κ2) is 7.53. The molecule has 0 aliphatic heterocycles. The van der Waals surface area contributed by atoms with E-state index in [1.807, 2.05) is 13.0 Å². The third-order valence-corrected chi connectivity index (χ3v) is 3.53. The quantitative estimate of drug-likeness (QED) is 0.646. The van der Waals surface area contributed by atoms with Crippen molar-refractivity contribution in [3.8, 4) is 5.75 Å². The van der Waals surface area contributed by atoms with Crippen LogP contribution in [0.4, 0.5) is 0 Å². The van der Waals surface area contributed by atoms with Gasteiger partial charge in [0.2, 0.25) is 0 Å². The van der Waals surface area contributed by atoms with E-state index in [2.05, 4.69) is 10.5 Å². The van der Waals surface area contributed by atoms with Crippen molar-refractivity contribution in [1.82, 2.24) is 5.43 Å². The molecule has 1 aromatic heterocycles. The van der Waals surface area contributed by atoms with Crippen LogP contribution in [0.15, 0.2) is 39.9 Å². The number of carbonyl (C=O) groups is 1. The molecule has 23 heavy (non-hydrogen) atoms. The van der Waals surface area contributed by atoms with Crippen molar-refractivity contribution in [2.24, 2.45) is 5.10 Å². The third-order valence-electron chi connectivity index (χ3n) is 3.00. The van der Waals surface area contributed by atoms with Gasteiger partial charge in [-0.25, -0.2) is 5.43 Å². The van der Waals surface area contributed by atoms with Crippen LogP contribution in [0.1, 0.15) is 25.4 Å². The molecule has 0 saturated carbocycles. The average Bonchev–Trinajstić information content (AvgIpc) is 2.93. The van der Waals surface area contributed by atoms with Gasteiger partial charge in [-0.2, -0.15) is 5.10 Å². The molecule has 0 saturated heterocycles. The van der Waals surface area contributed by atoms with Gasteiger partial charge in [-0.3, -0.25) is 4.79 Å². The molecule has 2 rings (SSSR count). The molecule has 0 aliphatic rings. The fourth-order valence-electron chi connectivity index (χ4n) is 1.73. The zero-order chi connectivity index (χ0) is 17.0. The number of carbonyl (C=O) groups excluding carboxylic acids is 1. The molecule has 0 fully saturated rings. The number of benzene rings is 1. The molecule has 1 unspecified atom stereocenters. The molecule has 7 heteroatoms. The standard InChI is InChI=1S/C16H16Cl2N2O3/c1-9-4-6-14(22-9)10(2)19-20-16(21)11(3)23-15-7-5-12(17)8-13(15)18/h4-8,11H,1-3H3,(H,20,21)/b19-10+. The molecule has 1 amide bonds. The topological polar surface area (TPSA) is 63.8 Å². The van der Waals surface area contributed by atoms with E-state index in [0.29, 0.717) is 27.3 Å². The van der Waals surface area contributed by atoms with Gasteiger partial charge in [-0.05, 0) is 51.1 Å². The van der Waals surface area contributed by atoms with Gasteiger partial charge in [0.15, 0.2) is 6.10 Å². The number of hydrazone groups is 1. The molecule has 1 N–H and O–H groups in total. The van der Waals surface area contributed by atoms with Crippen LogP contribution < -0.4 is 10.2 Å². The number of ether oxygens (including phenoxy) is 1. The van der Waals surface area contributed by atoms with Gasteiger partial charge in [-0.15, -0.1) is 0 Å². The summed E-state index contributed by atoms with van der Waals surface area (Å²) in [7, 11) is 0. The molecule has 0 aliphatic carbocycles. The van der Waals surface area contributed by atoms with E-state index in [-0.39, 0.29) is 0 Å². The molecule has 122 valence electrons. The van der Waals surface area contributed by atoms with E-state index in [4.69, 9.17) is 32.4 Å². The van der Waals surface area contributed by atoms with Crippen LogP contribution in [-0.4, -0.2) is 17.7 Å². The summed E-state index contributed by atoms with van der Waals surface area (Å²) in [6.07, 6.45) is -0.774. The Morgan fingerprint density at radius 3 is 2.65 bits per heavy atom. The van der Waals surface area contributed by atoms with E-state index >= 15 is 0 Å². The minimum Gasteiger partial charge on any atom is -0.479 e. The van der Waals surface area contributed by atoms with Crippen molar-refractivity contribution in [1.29, 1.82) is 0 Å². The van der Waals surface area contributed by atoms with E-state index in [9.17, 15) is 4.79 Å². The highest BCUT2D eigenvalue weighted by Gasteiger charge is 2.16. The summed E-state index contributed by atoms with van der Waals surface area (Å²) in [4.78, 5) is 12.0. The Kier molecular flexibility index (Phi) is 5.69. The Labute approximate surface area is 144 Å². The van der Waals surface area contributed by atoms with Crippen molar-refractivity contribution in [3.05, 3.63) is 51.9 Å². The van der Waals surface area contributed by atoms with E-state index in [1.54, 1.807) is 38.1 Å². The summed E-state index contributed by atoms with van der Waals surface area (Å²) in [5, 5.41) is 4.83. The summed E-state index contributed by atoms with van der Waals surface area (Å²) in [6.45, 7) is 5.17. The number of hydrogen-bond acceptors (Lipinski definition) is 4. The van der Waals surface area contributed by atoms with Crippen molar-refractivity contribution in [3.63, 3.8) is 0 Å². The van der Waals surface area contributed by atoms with Crippen molar-refractivity contribution in [2.75, 3.05) is 0 Å². The summed E-state index contributed by atoms with van der Waals surface area (Å²) in [6, 6.07) is 8.40. The van der Waals surface area contributed by atoms with Gasteiger partial charge in [0.05, 0.1) is 5.02 Å². The second-order valence-electron chi connectivity index (χ2n) is 4.92. The van der Waals surface area contributed by atoms with E-state index in [0.717, 1.165) is 5.76 Å². The Morgan fingerprint density at radius 1 is 1.30 bits per heavy atom. The summed E-state index contributed by atoms with van der Waals surface area (Å²) >= 11 is 11.8. The van der Waals surface area contributed by atoms with Gasteiger partial charge in [0.1, 0.15) is 23.0 Å². The third kappa shape index (κ3) is 4.74. The monoisotopic (exact) mass is 354 g/mol. The smallest absolute Gasteiger partial charge is 0.280 e. The number of aryl methyl sites for hydroxylation is 1. The molecule has 0 bridgehead atoms. The summed E-state index contributed by atoms with van der Waals surface area (Å²) in [5.41, 5.74) is 2.99. The minimum atomic E-state index is -0.774. The lowest BCUT2D eigenvalue weighted by atomic mass is 10.3. The Morgan fingerprint density at radius 2 is 2.04 bits per heavy atom. The number of amides is 1. The second-order valence-corrected chi connectivity index (χ2v) is 5.76. The molecular weight excluding hydrogens is 339 g/mol. The van der Waals surface area contributed by atoms with Crippen LogP contribution in [0.3, 0.4) is 0 Å². The first kappa shape index (κ1) is 17.4. The van der Waals surface area contributed by atoms with Crippen LogP contribution in [0, 0.1) is 6.92 Å². The van der Waals surface area contributed by atoms with Crippen molar-refractivity contribution >= 4 is 34.8 Å². The number of hydrogen-bond donors (Lipinski definition) is 1. The molecule has 1 heterocycles. The fraction of sp³-hybridized carbons (Fsp3) is 0.250. The molecule has 0 spiro atoms. The van der Waals surface area contributed by atoms with Crippen LogP contribution in [-0.2, 0) is 4.79 Å². The molecule has 1 atom stereocenters. The van der Waals surface area contributed by atoms with E-state index < -0.39 is 12.0 Å². The Bertz CT molecular complexity index is 741. The first-order valence-electron chi connectivity index (χ1n) is 6.89. The lowest BCUT2D eigenvalue weighted by molar-refractivity contribution is -0.127. The largest absolute Gasteiger partial charge is 0.479 e. The SMILES string of the molecule is C/C(=N\NC(=O)C(C)Oc1ccc(Cl)cc1Cl)c1ccc(C)o1. The number of halogens is 2. The first-order valence-corrected chi connectivity index (χ1v) is 7.65. The predicted octanol–water partition coefficient (Wildman–Crippen LogP) is 4.20. The number of rotatable bonds is 5. The number of nitrogens with one attached hydrogen (secondary N) is 1. The molecular formula is C16H16Cl2N2O3. The first-order chi connectivity index (χ1) is 10.9. The predicted molar refractivity (Wildman–Crippen MR) is 90.4 cm³/mol. The van der Waals surface area contributed by atoms with Gasteiger partial charge < -0.3 is 9.15 Å². The summed E-state index contributed by atoms with van der Waals surface area (Å²) < 4.78 is 10.9. The van der Waals surface area contributed by atoms with Crippen LogP contribution in [0.25, 0.3) is 0 Å². The van der Waals surface area contributed by atoms with E-state index in [1.165, 1.54) is 0 Å². The Balaban J connectivity index is 1.97. The zero-order valence-corrected chi connectivity index (χ0v) is 14.4. The van der Waals surface area contributed by atoms with Gasteiger partial charge in [0, 0.05) is 5.02 Å². The maximum absolute atomic E-state index is 12.0. The highest BCUT2D eigenvalue weighted by Crippen LogP contribution is 2.28. The summed E-state index contributed by atoms with van der Waals surface area (Å²) in [5.74, 6) is 1.34. The fourth-order valence-corrected chi connectivity index (χ4v) is 2.18. The maximum atomic E-state index is 12.0. The number of furan rings is 1. The van der Waals surface area contributed by atoms with Crippen molar-refractivity contribution < 1.29 is 13.9 Å². The molecule has 1 aromatic carbocycles. The highest BCUT2D eigenvalue weighted by molar-refractivity contribution is 6.35. The lowest BCUT2D eigenvalue weighted by Gasteiger charge is -2.14. The van der Waals surface area contributed by atoms with Gasteiger partial charge in [-0.1, -0.05) is 23.2 Å². The highest BCUT2D eigenvalue weighted by atomic mass is 35.5. The zero-order valence-electron chi connectivity index (χ0n) is 12.9. The van der Waals surface area contributed by atoms with Gasteiger partial charge in [0.25, 0.3) is 5.91 Å². The minimum absolute atomic E-state index is 0.336.